The zero-order valence-electron chi connectivity index (χ0n) is 9.10. The number of nitrogens with zero attached hydrogens (tertiary/aromatic N) is 1. The van der Waals surface area contributed by atoms with Crippen LogP contribution in [0.4, 0.5) is 13.2 Å². The van der Waals surface area contributed by atoms with E-state index in [1.54, 1.807) is 0 Å². The van der Waals surface area contributed by atoms with E-state index in [2.05, 4.69) is 0 Å². The molecule has 0 heterocycles. The first-order chi connectivity index (χ1) is 6.16. The molecule has 86 valence electrons. The highest BCUT2D eigenvalue weighted by Gasteiger charge is 2.44. The molecule has 0 fully saturated rings. The highest BCUT2D eigenvalue weighted by atomic mass is 19.4. The molecule has 0 aliphatic heterocycles. The van der Waals surface area contributed by atoms with Crippen molar-refractivity contribution in [3.63, 3.8) is 0 Å². The van der Waals surface area contributed by atoms with Crippen molar-refractivity contribution in [1.29, 1.82) is 0 Å². The van der Waals surface area contributed by atoms with Gasteiger partial charge in [-0.3, -0.25) is 4.90 Å². The summed E-state index contributed by atoms with van der Waals surface area (Å²) in [6.45, 7) is 5.54. The van der Waals surface area contributed by atoms with Gasteiger partial charge in [-0.1, -0.05) is 13.8 Å². The summed E-state index contributed by atoms with van der Waals surface area (Å²) >= 11 is 0. The van der Waals surface area contributed by atoms with Gasteiger partial charge in [0.2, 0.25) is 0 Å². The van der Waals surface area contributed by atoms with E-state index in [1.165, 1.54) is 18.9 Å². The fourth-order valence-electron chi connectivity index (χ4n) is 1.64. The average Bonchev–Trinajstić information content (AvgIpc) is 1.78. The van der Waals surface area contributed by atoms with Crippen molar-refractivity contribution in [2.45, 2.75) is 39.0 Å². The van der Waals surface area contributed by atoms with E-state index >= 15 is 0 Å². The monoisotopic (exact) mass is 212 g/mol. The van der Waals surface area contributed by atoms with Crippen molar-refractivity contribution < 1.29 is 13.2 Å². The Labute approximate surface area is 83.3 Å². The lowest BCUT2D eigenvalue weighted by molar-refractivity contribution is -0.185. The van der Waals surface area contributed by atoms with Gasteiger partial charge in [0.1, 0.15) is 6.04 Å². The van der Waals surface area contributed by atoms with Crippen molar-refractivity contribution in [2.24, 2.45) is 11.7 Å². The van der Waals surface area contributed by atoms with Gasteiger partial charge in [-0.05, 0) is 19.9 Å². The molecule has 0 aromatic rings. The average molecular weight is 212 g/mol. The zero-order valence-corrected chi connectivity index (χ0v) is 9.10. The van der Waals surface area contributed by atoms with Crippen molar-refractivity contribution in [2.75, 3.05) is 13.6 Å². The molecule has 0 aromatic heterocycles. The number of hydrogen-bond donors (Lipinski definition) is 1. The van der Waals surface area contributed by atoms with Gasteiger partial charge < -0.3 is 5.73 Å². The number of alkyl halides is 3. The van der Waals surface area contributed by atoms with E-state index in [-0.39, 0.29) is 5.92 Å². The fraction of sp³-hybridized carbons (Fsp3) is 1.00. The first-order valence-electron chi connectivity index (χ1n) is 4.68. The Morgan fingerprint density at radius 2 is 1.64 bits per heavy atom. The van der Waals surface area contributed by atoms with Crippen LogP contribution in [0, 0.1) is 5.92 Å². The molecule has 0 bridgehead atoms. The maximum atomic E-state index is 12.5. The molecule has 0 amide bonds. The standard InChI is InChI=1S/C9H19F3N2/c1-6(2)5-14(4)8(7(3)13)9(10,11)12/h6-8H,5,13H2,1-4H3. The van der Waals surface area contributed by atoms with Gasteiger partial charge in [-0.25, -0.2) is 0 Å². The molecule has 0 spiro atoms. The summed E-state index contributed by atoms with van der Waals surface area (Å²) in [6.07, 6.45) is -4.25. The topological polar surface area (TPSA) is 29.3 Å². The van der Waals surface area contributed by atoms with Crippen LogP contribution >= 0.6 is 0 Å². The third-order valence-corrected chi connectivity index (χ3v) is 1.96. The molecule has 2 N–H and O–H groups in total. The largest absolute Gasteiger partial charge is 0.405 e. The maximum Gasteiger partial charge on any atom is 0.405 e. The number of nitrogens with two attached hydrogens (primary N) is 1. The van der Waals surface area contributed by atoms with Crippen LogP contribution in [0.15, 0.2) is 0 Å². The fourth-order valence-corrected chi connectivity index (χ4v) is 1.64. The molecule has 0 aliphatic carbocycles. The molecule has 0 saturated carbocycles. The molecule has 5 heteroatoms. The Balaban J connectivity index is 4.50. The van der Waals surface area contributed by atoms with Crippen LogP contribution < -0.4 is 5.73 Å². The highest BCUT2D eigenvalue weighted by Crippen LogP contribution is 2.26. The second-order valence-electron chi connectivity index (χ2n) is 4.18. The smallest absolute Gasteiger partial charge is 0.326 e. The van der Waals surface area contributed by atoms with E-state index in [9.17, 15) is 13.2 Å². The Kier molecular flexibility index (Phi) is 4.88. The van der Waals surface area contributed by atoms with Crippen LogP contribution in [0.3, 0.4) is 0 Å². The summed E-state index contributed by atoms with van der Waals surface area (Å²) < 4.78 is 37.6. The Bertz CT molecular complexity index is 166. The normalized spacial score (nSPS) is 17.6. The maximum absolute atomic E-state index is 12.5. The van der Waals surface area contributed by atoms with E-state index in [1.807, 2.05) is 13.8 Å². The van der Waals surface area contributed by atoms with Crippen LogP contribution in [0.2, 0.25) is 0 Å². The van der Waals surface area contributed by atoms with Crippen LogP contribution in [0.5, 0.6) is 0 Å². The molecule has 14 heavy (non-hydrogen) atoms. The zero-order chi connectivity index (χ0) is 11.5. The van der Waals surface area contributed by atoms with Crippen molar-refractivity contribution in [3.05, 3.63) is 0 Å². The summed E-state index contributed by atoms with van der Waals surface area (Å²) in [4.78, 5) is 1.27. The lowest BCUT2D eigenvalue weighted by Crippen LogP contribution is -2.54. The van der Waals surface area contributed by atoms with E-state index < -0.39 is 18.3 Å². The molecule has 0 radical (unpaired) electrons. The Hall–Kier alpha value is -0.290. The number of rotatable bonds is 4. The number of halogens is 3. The molecule has 0 rings (SSSR count). The van der Waals surface area contributed by atoms with Gasteiger partial charge >= 0.3 is 6.18 Å². The van der Waals surface area contributed by atoms with Crippen molar-refractivity contribution in [1.82, 2.24) is 4.90 Å². The quantitative estimate of drug-likeness (QED) is 0.770. The third-order valence-electron chi connectivity index (χ3n) is 1.96. The van der Waals surface area contributed by atoms with E-state index in [0.29, 0.717) is 6.54 Å². The molecule has 2 atom stereocenters. The van der Waals surface area contributed by atoms with Gasteiger partial charge in [0, 0.05) is 12.6 Å². The van der Waals surface area contributed by atoms with Crippen LogP contribution in [0.25, 0.3) is 0 Å². The van der Waals surface area contributed by atoms with Gasteiger partial charge in [-0.2, -0.15) is 13.2 Å². The molecule has 0 aliphatic rings. The summed E-state index contributed by atoms with van der Waals surface area (Å²) in [6, 6.07) is -2.45. The lowest BCUT2D eigenvalue weighted by atomic mass is 10.1. The predicted octanol–water partition coefficient (Wildman–Crippen LogP) is 1.85. The predicted molar refractivity (Wildman–Crippen MR) is 51.0 cm³/mol. The van der Waals surface area contributed by atoms with Crippen LogP contribution in [-0.2, 0) is 0 Å². The number of likely N-dealkylation sites (N-methyl/N-ethyl adjacent to an activating group) is 1. The summed E-state index contributed by atoms with van der Waals surface area (Å²) in [5, 5.41) is 0. The van der Waals surface area contributed by atoms with Crippen molar-refractivity contribution in [3.8, 4) is 0 Å². The molecular formula is C9H19F3N2. The lowest BCUT2D eigenvalue weighted by Gasteiger charge is -2.33. The molecule has 2 unspecified atom stereocenters. The van der Waals surface area contributed by atoms with Crippen molar-refractivity contribution >= 4 is 0 Å². The van der Waals surface area contributed by atoms with Crippen LogP contribution in [0.1, 0.15) is 20.8 Å². The number of hydrogen-bond acceptors (Lipinski definition) is 2. The summed E-state index contributed by atoms with van der Waals surface area (Å²) in [5.74, 6) is 0.198. The van der Waals surface area contributed by atoms with Crippen LogP contribution in [-0.4, -0.2) is 36.8 Å². The summed E-state index contributed by atoms with van der Waals surface area (Å²) in [7, 11) is 1.46. The van der Waals surface area contributed by atoms with Gasteiger partial charge in [0.25, 0.3) is 0 Å². The molecule has 2 nitrogen and oxygen atoms in total. The minimum atomic E-state index is -4.25. The van der Waals surface area contributed by atoms with Gasteiger partial charge in [0.15, 0.2) is 0 Å². The van der Waals surface area contributed by atoms with E-state index in [0.717, 1.165) is 0 Å². The Morgan fingerprint density at radius 1 is 1.21 bits per heavy atom. The second-order valence-corrected chi connectivity index (χ2v) is 4.18. The molecular weight excluding hydrogens is 193 g/mol. The molecule has 0 aromatic carbocycles. The summed E-state index contributed by atoms with van der Waals surface area (Å²) in [5.41, 5.74) is 5.34. The SMILES string of the molecule is CC(C)CN(C)C(C(C)N)C(F)(F)F. The minimum Gasteiger partial charge on any atom is -0.326 e. The first-order valence-corrected chi connectivity index (χ1v) is 4.68. The van der Waals surface area contributed by atoms with Gasteiger partial charge in [-0.15, -0.1) is 0 Å². The first kappa shape index (κ1) is 13.7. The minimum absolute atomic E-state index is 0.198. The van der Waals surface area contributed by atoms with Gasteiger partial charge in [0.05, 0.1) is 0 Å². The second kappa shape index (κ2) is 4.98. The molecule has 0 saturated heterocycles. The highest BCUT2D eigenvalue weighted by molar-refractivity contribution is 4.84. The Morgan fingerprint density at radius 3 is 1.86 bits per heavy atom. The van der Waals surface area contributed by atoms with E-state index in [4.69, 9.17) is 5.73 Å². The third kappa shape index (κ3) is 4.28.